The highest BCUT2D eigenvalue weighted by Crippen LogP contribution is 2.25. The molecule has 3 nitrogen and oxygen atoms in total. The Morgan fingerprint density at radius 1 is 1.14 bits per heavy atom. The molecule has 0 spiro atoms. The van der Waals surface area contributed by atoms with E-state index >= 15 is 0 Å². The van der Waals surface area contributed by atoms with Gasteiger partial charge in [0.1, 0.15) is 5.15 Å². The Hall–Kier alpha value is -1.32. The lowest BCUT2D eigenvalue weighted by atomic mass is 10.2. The Kier molecular flexibility index (Phi) is 6.27. The number of aromatic nitrogens is 1. The lowest BCUT2D eigenvalue weighted by molar-refractivity contribution is 0.298. The van der Waals surface area contributed by atoms with Crippen LogP contribution in [-0.4, -0.2) is 36.1 Å². The molecule has 0 fully saturated rings. The molecule has 1 aromatic heterocycles. The Bertz CT molecular complexity index is 567. The van der Waals surface area contributed by atoms with Gasteiger partial charge in [-0.25, -0.2) is 4.98 Å². The average Bonchev–Trinajstić information content (AvgIpc) is 2.50. The van der Waals surface area contributed by atoms with Gasteiger partial charge in [-0.3, -0.25) is 0 Å². The minimum atomic E-state index is 0.541. The third kappa shape index (κ3) is 4.58. The van der Waals surface area contributed by atoms with E-state index in [0.29, 0.717) is 5.15 Å². The van der Waals surface area contributed by atoms with Crippen LogP contribution < -0.4 is 5.32 Å². The van der Waals surface area contributed by atoms with E-state index in [9.17, 15) is 0 Å². The summed E-state index contributed by atoms with van der Waals surface area (Å²) in [5.74, 6) is 0. The zero-order valence-electron chi connectivity index (χ0n) is 12.9. The predicted octanol–water partition coefficient (Wildman–Crippen LogP) is 4.42. The van der Waals surface area contributed by atoms with Crippen molar-refractivity contribution in [2.24, 2.45) is 0 Å². The highest BCUT2D eigenvalue weighted by atomic mass is 35.5. The standard InChI is InChI=1S/C17H24ClN3/c1-3-21(4-2)12-8-7-11-19-16-13-17(18)20-15-10-6-5-9-14(15)16/h5-6,9-10,13H,3-4,7-8,11-12H2,1-2H3,(H,19,20). The molecule has 0 aliphatic carbocycles. The van der Waals surface area contributed by atoms with Crippen LogP contribution in [0.25, 0.3) is 10.9 Å². The molecule has 1 heterocycles. The van der Waals surface area contributed by atoms with Crippen molar-refractivity contribution in [3.8, 4) is 0 Å². The number of nitrogens with one attached hydrogen (secondary N) is 1. The van der Waals surface area contributed by atoms with Crippen LogP contribution in [-0.2, 0) is 0 Å². The molecule has 0 aliphatic heterocycles. The van der Waals surface area contributed by atoms with E-state index < -0.39 is 0 Å². The second-order valence-corrected chi connectivity index (χ2v) is 5.56. The minimum Gasteiger partial charge on any atom is -0.384 e. The Morgan fingerprint density at radius 3 is 2.67 bits per heavy atom. The zero-order valence-corrected chi connectivity index (χ0v) is 13.7. The molecule has 1 N–H and O–H groups in total. The van der Waals surface area contributed by atoms with Crippen molar-refractivity contribution in [2.45, 2.75) is 26.7 Å². The summed E-state index contributed by atoms with van der Waals surface area (Å²) < 4.78 is 0. The summed E-state index contributed by atoms with van der Waals surface area (Å²) in [7, 11) is 0. The van der Waals surface area contributed by atoms with Crippen molar-refractivity contribution in [3.63, 3.8) is 0 Å². The van der Waals surface area contributed by atoms with E-state index in [4.69, 9.17) is 11.6 Å². The first-order valence-corrected chi connectivity index (χ1v) is 8.14. The van der Waals surface area contributed by atoms with E-state index in [1.807, 2.05) is 24.3 Å². The molecule has 0 radical (unpaired) electrons. The van der Waals surface area contributed by atoms with Crippen molar-refractivity contribution in [3.05, 3.63) is 35.5 Å². The number of rotatable bonds is 8. The highest BCUT2D eigenvalue weighted by Gasteiger charge is 2.04. The van der Waals surface area contributed by atoms with Gasteiger partial charge in [-0.05, 0) is 44.6 Å². The Morgan fingerprint density at radius 2 is 1.90 bits per heavy atom. The molecule has 0 bridgehead atoms. The first-order chi connectivity index (χ1) is 10.2. The van der Waals surface area contributed by atoms with Gasteiger partial charge in [0.15, 0.2) is 0 Å². The number of unbranched alkanes of at least 4 members (excludes halogenated alkanes) is 1. The van der Waals surface area contributed by atoms with Gasteiger partial charge in [0.25, 0.3) is 0 Å². The van der Waals surface area contributed by atoms with E-state index in [1.165, 1.54) is 13.0 Å². The molecule has 21 heavy (non-hydrogen) atoms. The molecular weight excluding hydrogens is 282 g/mol. The van der Waals surface area contributed by atoms with Gasteiger partial charge < -0.3 is 10.2 Å². The van der Waals surface area contributed by atoms with Crippen molar-refractivity contribution in [1.29, 1.82) is 0 Å². The summed E-state index contributed by atoms with van der Waals surface area (Å²) in [5, 5.41) is 5.17. The van der Waals surface area contributed by atoms with Gasteiger partial charge in [0.05, 0.1) is 5.52 Å². The second-order valence-electron chi connectivity index (χ2n) is 5.17. The van der Waals surface area contributed by atoms with Crippen LogP contribution in [0.1, 0.15) is 26.7 Å². The molecule has 0 saturated carbocycles. The predicted molar refractivity (Wildman–Crippen MR) is 92.3 cm³/mol. The normalized spacial score (nSPS) is 11.2. The minimum absolute atomic E-state index is 0.541. The fourth-order valence-corrected chi connectivity index (χ4v) is 2.71. The molecular formula is C17H24ClN3. The molecule has 0 amide bonds. The SMILES string of the molecule is CCN(CC)CCCCNc1cc(Cl)nc2ccccc12. The number of fused-ring (bicyclic) bond motifs is 1. The molecule has 4 heteroatoms. The lowest BCUT2D eigenvalue weighted by Crippen LogP contribution is -2.24. The van der Waals surface area contributed by atoms with Crippen molar-refractivity contribution in [2.75, 3.05) is 31.5 Å². The summed E-state index contributed by atoms with van der Waals surface area (Å²) in [6, 6.07) is 10.0. The van der Waals surface area contributed by atoms with Gasteiger partial charge >= 0.3 is 0 Å². The summed E-state index contributed by atoms with van der Waals surface area (Å²) in [6.45, 7) is 8.83. The topological polar surface area (TPSA) is 28.2 Å². The number of halogens is 1. The van der Waals surface area contributed by atoms with Crippen molar-refractivity contribution >= 4 is 28.2 Å². The number of pyridine rings is 1. The molecule has 0 aliphatic rings. The zero-order chi connectivity index (χ0) is 15.1. The molecule has 0 unspecified atom stereocenters. The maximum absolute atomic E-state index is 6.09. The van der Waals surface area contributed by atoms with Gasteiger partial charge in [-0.1, -0.05) is 43.6 Å². The Balaban J connectivity index is 1.89. The average molecular weight is 306 g/mol. The van der Waals surface area contributed by atoms with Crippen LogP contribution in [0.2, 0.25) is 5.15 Å². The molecule has 114 valence electrons. The molecule has 2 rings (SSSR count). The van der Waals surface area contributed by atoms with Crippen LogP contribution in [0.4, 0.5) is 5.69 Å². The van der Waals surface area contributed by atoms with Gasteiger partial charge in [-0.15, -0.1) is 0 Å². The maximum Gasteiger partial charge on any atom is 0.131 e. The van der Waals surface area contributed by atoms with E-state index in [2.05, 4.69) is 35.1 Å². The van der Waals surface area contributed by atoms with Crippen molar-refractivity contribution < 1.29 is 0 Å². The van der Waals surface area contributed by atoms with E-state index in [1.54, 1.807) is 0 Å². The maximum atomic E-state index is 6.09. The van der Waals surface area contributed by atoms with Crippen molar-refractivity contribution in [1.82, 2.24) is 9.88 Å². The van der Waals surface area contributed by atoms with Crippen LogP contribution in [0.5, 0.6) is 0 Å². The monoisotopic (exact) mass is 305 g/mol. The molecule has 0 saturated heterocycles. The number of nitrogens with zero attached hydrogens (tertiary/aromatic N) is 2. The van der Waals surface area contributed by atoms with Gasteiger partial charge in [-0.2, -0.15) is 0 Å². The van der Waals surface area contributed by atoms with Gasteiger partial charge in [0.2, 0.25) is 0 Å². The summed E-state index contributed by atoms with van der Waals surface area (Å²) in [6.07, 6.45) is 2.37. The second kappa shape index (κ2) is 8.20. The number of anilines is 1. The number of hydrogen-bond donors (Lipinski definition) is 1. The third-order valence-corrected chi connectivity index (χ3v) is 3.99. The van der Waals surface area contributed by atoms with Crippen LogP contribution in [0.3, 0.4) is 0 Å². The quantitative estimate of drug-likeness (QED) is 0.578. The third-order valence-electron chi connectivity index (χ3n) is 3.80. The first kappa shape index (κ1) is 16.1. The van der Waals surface area contributed by atoms with E-state index in [0.717, 1.165) is 42.6 Å². The largest absolute Gasteiger partial charge is 0.384 e. The first-order valence-electron chi connectivity index (χ1n) is 7.76. The van der Waals surface area contributed by atoms with Crippen LogP contribution in [0, 0.1) is 0 Å². The summed E-state index contributed by atoms with van der Waals surface area (Å²) >= 11 is 6.09. The smallest absolute Gasteiger partial charge is 0.131 e. The molecule has 0 atom stereocenters. The van der Waals surface area contributed by atoms with E-state index in [-0.39, 0.29) is 0 Å². The van der Waals surface area contributed by atoms with Gasteiger partial charge in [0, 0.05) is 17.6 Å². The summed E-state index contributed by atoms with van der Waals surface area (Å²) in [4.78, 5) is 6.80. The Labute approximate surface area is 132 Å². The number of hydrogen-bond acceptors (Lipinski definition) is 3. The van der Waals surface area contributed by atoms with Crippen LogP contribution in [0.15, 0.2) is 30.3 Å². The lowest BCUT2D eigenvalue weighted by Gasteiger charge is -2.17. The number of benzene rings is 1. The molecule has 2 aromatic rings. The fourth-order valence-electron chi connectivity index (χ4n) is 2.51. The van der Waals surface area contributed by atoms with Crippen LogP contribution >= 0.6 is 11.6 Å². The molecule has 1 aromatic carbocycles. The fraction of sp³-hybridized carbons (Fsp3) is 0.471. The number of para-hydroxylation sites is 1. The highest BCUT2D eigenvalue weighted by molar-refractivity contribution is 6.30. The summed E-state index contributed by atoms with van der Waals surface area (Å²) in [5.41, 5.74) is 2.02.